The Kier molecular flexibility index (Phi) is 6.52. The van der Waals surface area contributed by atoms with Crippen molar-refractivity contribution in [1.29, 1.82) is 0 Å². The highest BCUT2D eigenvalue weighted by atomic mass is 79.9. The van der Waals surface area contributed by atoms with Crippen LogP contribution in [0.5, 0.6) is 0 Å². The average molecular weight is 384 g/mol. The molecular formula is C12H14Br2ClNO. The van der Waals surface area contributed by atoms with Gasteiger partial charge in [-0.2, -0.15) is 0 Å². The highest BCUT2D eigenvalue weighted by Crippen LogP contribution is 2.19. The molecule has 0 fully saturated rings. The molecule has 0 aliphatic carbocycles. The number of amides is 1. The number of carbonyl (C=O) groups excluding carboxylic acids is 1. The number of nitrogens with one attached hydrogen (secondary N) is 1. The van der Waals surface area contributed by atoms with E-state index in [-0.39, 0.29) is 11.9 Å². The molecular weight excluding hydrogens is 369 g/mol. The lowest BCUT2D eigenvalue weighted by atomic mass is 10.1. The quantitative estimate of drug-likeness (QED) is 0.751. The lowest BCUT2D eigenvalue weighted by molar-refractivity contribution is 0.0938. The van der Waals surface area contributed by atoms with Crippen LogP contribution in [0.3, 0.4) is 0 Å². The van der Waals surface area contributed by atoms with Gasteiger partial charge >= 0.3 is 0 Å². The molecule has 0 aromatic heterocycles. The van der Waals surface area contributed by atoms with Crippen LogP contribution in [-0.4, -0.2) is 17.3 Å². The van der Waals surface area contributed by atoms with Crippen molar-refractivity contribution in [3.8, 4) is 0 Å². The van der Waals surface area contributed by atoms with Crippen LogP contribution in [0.2, 0.25) is 5.02 Å². The van der Waals surface area contributed by atoms with Gasteiger partial charge in [0, 0.05) is 26.4 Å². The number of alkyl halides is 1. The third kappa shape index (κ3) is 5.40. The van der Waals surface area contributed by atoms with Crippen LogP contribution in [0.15, 0.2) is 22.7 Å². The maximum absolute atomic E-state index is 11.9. The predicted molar refractivity (Wildman–Crippen MR) is 79.1 cm³/mol. The van der Waals surface area contributed by atoms with Crippen LogP contribution < -0.4 is 5.32 Å². The summed E-state index contributed by atoms with van der Waals surface area (Å²) in [6, 6.07) is 5.35. The van der Waals surface area contributed by atoms with Gasteiger partial charge in [0.05, 0.1) is 0 Å². The van der Waals surface area contributed by atoms with E-state index in [1.54, 1.807) is 18.2 Å². The normalized spacial score (nSPS) is 12.2. The molecule has 0 spiro atoms. The summed E-state index contributed by atoms with van der Waals surface area (Å²) in [4.78, 5) is 11.9. The van der Waals surface area contributed by atoms with Gasteiger partial charge in [0.1, 0.15) is 0 Å². The van der Waals surface area contributed by atoms with Crippen LogP contribution in [0.25, 0.3) is 0 Å². The van der Waals surface area contributed by atoms with Crippen LogP contribution in [-0.2, 0) is 0 Å². The fraction of sp³-hybridized carbons (Fsp3) is 0.417. The number of halogens is 3. The summed E-state index contributed by atoms with van der Waals surface area (Å²) in [7, 11) is 0. The summed E-state index contributed by atoms with van der Waals surface area (Å²) in [5, 5.41) is 4.45. The first-order valence-corrected chi connectivity index (χ1v) is 7.65. The topological polar surface area (TPSA) is 29.1 Å². The Hall–Kier alpha value is -0.0600. The zero-order chi connectivity index (χ0) is 12.8. The van der Waals surface area contributed by atoms with E-state index >= 15 is 0 Å². The van der Waals surface area contributed by atoms with E-state index in [0.29, 0.717) is 10.6 Å². The first-order valence-electron chi connectivity index (χ1n) is 5.36. The molecule has 0 radical (unpaired) electrons. The van der Waals surface area contributed by atoms with Crippen molar-refractivity contribution in [1.82, 2.24) is 5.32 Å². The molecule has 1 N–H and O–H groups in total. The van der Waals surface area contributed by atoms with E-state index in [9.17, 15) is 4.79 Å². The molecule has 1 aromatic rings. The van der Waals surface area contributed by atoms with Gasteiger partial charge in [-0.05, 0) is 38.0 Å². The summed E-state index contributed by atoms with van der Waals surface area (Å²) in [5.74, 6) is -0.0877. The number of hydrogen-bond acceptors (Lipinski definition) is 1. The molecule has 1 aromatic carbocycles. The molecule has 0 aliphatic heterocycles. The van der Waals surface area contributed by atoms with E-state index in [4.69, 9.17) is 11.6 Å². The highest BCUT2D eigenvalue weighted by Gasteiger charge is 2.10. The third-order valence-corrected chi connectivity index (χ3v) is 3.51. The summed E-state index contributed by atoms with van der Waals surface area (Å²) < 4.78 is 0.809. The molecule has 17 heavy (non-hydrogen) atoms. The minimum absolute atomic E-state index is 0.0877. The Morgan fingerprint density at radius 1 is 1.47 bits per heavy atom. The van der Waals surface area contributed by atoms with Gasteiger partial charge in [-0.15, -0.1) is 0 Å². The molecule has 0 aliphatic rings. The Balaban J connectivity index is 2.63. The number of rotatable bonds is 5. The molecule has 0 saturated carbocycles. The zero-order valence-corrected chi connectivity index (χ0v) is 13.4. The predicted octanol–water partition coefficient (Wildman–Crippen LogP) is 4.40. The molecule has 94 valence electrons. The fourth-order valence-corrected chi connectivity index (χ4v) is 2.63. The van der Waals surface area contributed by atoms with Crippen molar-refractivity contribution < 1.29 is 4.79 Å². The molecule has 0 saturated heterocycles. The van der Waals surface area contributed by atoms with Crippen LogP contribution in [0.4, 0.5) is 0 Å². The third-order valence-electron chi connectivity index (χ3n) is 2.27. The Morgan fingerprint density at radius 2 is 2.18 bits per heavy atom. The van der Waals surface area contributed by atoms with E-state index in [1.165, 1.54) is 0 Å². The molecule has 5 heteroatoms. The maximum Gasteiger partial charge on any atom is 0.251 e. The van der Waals surface area contributed by atoms with Gasteiger partial charge in [0.2, 0.25) is 0 Å². The molecule has 0 heterocycles. The largest absolute Gasteiger partial charge is 0.350 e. The second-order valence-corrected chi connectivity index (χ2v) is 6.01. The number of benzene rings is 1. The van der Waals surface area contributed by atoms with Gasteiger partial charge in [0.15, 0.2) is 0 Å². The zero-order valence-electron chi connectivity index (χ0n) is 9.47. The van der Waals surface area contributed by atoms with Crippen molar-refractivity contribution in [2.45, 2.75) is 25.8 Å². The summed E-state index contributed by atoms with van der Waals surface area (Å²) in [6.45, 7) is 2.00. The maximum atomic E-state index is 11.9. The lowest BCUT2D eigenvalue weighted by Gasteiger charge is -2.13. The second kappa shape index (κ2) is 7.39. The average Bonchev–Trinajstić information content (AvgIpc) is 2.25. The minimum atomic E-state index is -0.0877. The number of carbonyl (C=O) groups is 1. The van der Waals surface area contributed by atoms with Crippen molar-refractivity contribution in [3.05, 3.63) is 33.3 Å². The standard InChI is InChI=1S/C12H14Br2ClNO/c1-8(3-2-4-13)16-12(17)9-5-10(14)7-11(15)6-9/h5-8H,2-4H2,1H3,(H,16,17). The van der Waals surface area contributed by atoms with Crippen LogP contribution >= 0.6 is 43.5 Å². The van der Waals surface area contributed by atoms with Gasteiger partial charge in [0.25, 0.3) is 5.91 Å². The van der Waals surface area contributed by atoms with Crippen molar-refractivity contribution in [3.63, 3.8) is 0 Å². The summed E-state index contributed by atoms with van der Waals surface area (Å²) in [6.07, 6.45) is 2.00. The highest BCUT2D eigenvalue weighted by molar-refractivity contribution is 9.10. The molecule has 0 bridgehead atoms. The van der Waals surface area contributed by atoms with Gasteiger partial charge < -0.3 is 5.32 Å². The van der Waals surface area contributed by atoms with Crippen molar-refractivity contribution in [2.24, 2.45) is 0 Å². The smallest absolute Gasteiger partial charge is 0.251 e. The van der Waals surface area contributed by atoms with Crippen LogP contribution in [0, 0.1) is 0 Å². The molecule has 1 unspecified atom stereocenters. The van der Waals surface area contributed by atoms with Gasteiger partial charge in [-0.1, -0.05) is 43.5 Å². The van der Waals surface area contributed by atoms with Gasteiger partial charge in [-0.25, -0.2) is 0 Å². The van der Waals surface area contributed by atoms with Crippen LogP contribution in [0.1, 0.15) is 30.1 Å². The van der Waals surface area contributed by atoms with Gasteiger partial charge in [-0.3, -0.25) is 4.79 Å². The first-order chi connectivity index (χ1) is 8.02. The van der Waals surface area contributed by atoms with E-state index in [2.05, 4.69) is 37.2 Å². The van der Waals surface area contributed by atoms with Crippen molar-refractivity contribution >= 4 is 49.4 Å². The second-order valence-electron chi connectivity index (χ2n) is 3.86. The molecule has 1 atom stereocenters. The van der Waals surface area contributed by atoms with E-state index in [0.717, 1.165) is 22.6 Å². The van der Waals surface area contributed by atoms with E-state index < -0.39 is 0 Å². The number of hydrogen-bond donors (Lipinski definition) is 1. The SMILES string of the molecule is CC(CCCBr)NC(=O)c1cc(Cl)cc(Br)c1. The molecule has 1 rings (SSSR count). The Labute approximate surface area is 123 Å². The monoisotopic (exact) mass is 381 g/mol. The minimum Gasteiger partial charge on any atom is -0.350 e. The summed E-state index contributed by atoms with van der Waals surface area (Å²) >= 11 is 12.6. The Bertz CT molecular complexity index is 378. The summed E-state index contributed by atoms with van der Waals surface area (Å²) in [5.41, 5.74) is 0.579. The lowest BCUT2D eigenvalue weighted by Crippen LogP contribution is -2.32. The molecule has 1 amide bonds. The first kappa shape index (κ1) is 15.0. The van der Waals surface area contributed by atoms with E-state index in [1.807, 2.05) is 6.92 Å². The van der Waals surface area contributed by atoms with Crippen molar-refractivity contribution in [2.75, 3.05) is 5.33 Å². The molecule has 2 nitrogen and oxygen atoms in total. The Morgan fingerprint density at radius 3 is 2.76 bits per heavy atom. The fourth-order valence-electron chi connectivity index (χ4n) is 1.45.